The Bertz CT molecular complexity index is 566. The summed E-state index contributed by atoms with van der Waals surface area (Å²) in [6.07, 6.45) is 0.709. The minimum Gasteiger partial charge on any atom is -0.468 e. The van der Waals surface area contributed by atoms with E-state index in [9.17, 15) is 4.79 Å². The van der Waals surface area contributed by atoms with Crippen LogP contribution in [0.1, 0.15) is 31.7 Å². The molecule has 2 heterocycles. The molecule has 1 aromatic rings. The summed E-state index contributed by atoms with van der Waals surface area (Å²) >= 11 is 0. The van der Waals surface area contributed by atoms with Gasteiger partial charge in [0.1, 0.15) is 11.7 Å². The molecule has 0 radical (unpaired) electrons. The molecule has 0 spiro atoms. The van der Waals surface area contributed by atoms with Crippen LogP contribution in [-0.2, 0) is 9.53 Å². The Morgan fingerprint density at radius 2 is 2.21 bits per heavy atom. The third-order valence-corrected chi connectivity index (χ3v) is 3.97. The number of carbonyl (C=O) groups is 1. The summed E-state index contributed by atoms with van der Waals surface area (Å²) in [5.74, 6) is 0.388. The molecule has 2 bridgehead atoms. The Morgan fingerprint density at radius 1 is 1.47 bits per heavy atom. The van der Waals surface area contributed by atoms with Crippen LogP contribution < -0.4 is 4.74 Å². The summed E-state index contributed by atoms with van der Waals surface area (Å²) in [5, 5.41) is 0. The van der Waals surface area contributed by atoms with Gasteiger partial charge < -0.3 is 9.47 Å². The molecule has 3 atom stereocenters. The Hall–Kier alpha value is -1.84. The lowest BCUT2D eigenvalue weighted by molar-refractivity contribution is -0.144. The highest BCUT2D eigenvalue weighted by Gasteiger charge is 2.48. The van der Waals surface area contributed by atoms with E-state index in [-0.39, 0.29) is 17.8 Å². The Morgan fingerprint density at radius 3 is 2.95 bits per heavy atom. The third kappa shape index (κ3) is 1.82. The van der Waals surface area contributed by atoms with Crippen molar-refractivity contribution in [1.82, 2.24) is 0 Å². The molecule has 3 rings (SSSR count). The van der Waals surface area contributed by atoms with Crippen LogP contribution in [0.3, 0.4) is 0 Å². The number of rotatable bonds is 1. The van der Waals surface area contributed by atoms with Crippen molar-refractivity contribution in [3.05, 3.63) is 29.8 Å². The monoisotopic (exact) mass is 259 g/mol. The number of ether oxygens (including phenoxy) is 2. The molecule has 0 saturated carbocycles. The number of esters is 1. The Labute approximate surface area is 112 Å². The van der Waals surface area contributed by atoms with Gasteiger partial charge in [0.05, 0.1) is 7.11 Å². The fourth-order valence-electron chi connectivity index (χ4n) is 3.24. The van der Waals surface area contributed by atoms with E-state index in [2.05, 4.69) is 4.99 Å². The zero-order valence-corrected chi connectivity index (χ0v) is 11.3. The predicted octanol–water partition coefficient (Wildman–Crippen LogP) is 2.53. The second-order valence-electron chi connectivity index (χ2n) is 5.38. The van der Waals surface area contributed by atoms with E-state index in [0.29, 0.717) is 6.42 Å². The van der Waals surface area contributed by atoms with Gasteiger partial charge in [0.2, 0.25) is 0 Å². The Balaban J connectivity index is 2.13. The first-order chi connectivity index (χ1) is 9.04. The molecule has 0 aromatic heterocycles. The average Bonchev–Trinajstić information content (AvgIpc) is 2.37. The number of aliphatic imine (C=N–C) groups is 1. The topological polar surface area (TPSA) is 47.9 Å². The van der Waals surface area contributed by atoms with Crippen molar-refractivity contribution >= 4 is 11.7 Å². The molecule has 0 N–H and O–H groups in total. The molecule has 2 aliphatic heterocycles. The summed E-state index contributed by atoms with van der Waals surface area (Å²) in [4.78, 5) is 16.6. The molecule has 4 heteroatoms. The smallest absolute Gasteiger partial charge is 0.315 e. The first-order valence-corrected chi connectivity index (χ1v) is 6.46. The second kappa shape index (κ2) is 4.08. The maximum Gasteiger partial charge on any atom is 0.315 e. The zero-order chi connectivity index (χ0) is 13.6. The van der Waals surface area contributed by atoms with E-state index in [0.717, 1.165) is 17.0 Å². The lowest BCUT2D eigenvalue weighted by atomic mass is 9.74. The number of para-hydroxylation sites is 1. The van der Waals surface area contributed by atoms with Gasteiger partial charge in [-0.25, -0.2) is 4.99 Å². The molecule has 100 valence electrons. The van der Waals surface area contributed by atoms with Gasteiger partial charge in [-0.1, -0.05) is 18.2 Å². The van der Waals surface area contributed by atoms with Crippen molar-refractivity contribution in [1.29, 1.82) is 0 Å². The van der Waals surface area contributed by atoms with Crippen LogP contribution in [0, 0.1) is 5.92 Å². The first kappa shape index (κ1) is 12.2. The van der Waals surface area contributed by atoms with Crippen LogP contribution >= 0.6 is 0 Å². The van der Waals surface area contributed by atoms with Gasteiger partial charge in [0.25, 0.3) is 0 Å². The highest BCUT2D eigenvalue weighted by Crippen LogP contribution is 2.48. The maximum atomic E-state index is 12.0. The van der Waals surface area contributed by atoms with Crippen LogP contribution in [0.25, 0.3) is 0 Å². The lowest BCUT2D eigenvalue weighted by Gasteiger charge is -2.43. The molecule has 0 amide bonds. The summed E-state index contributed by atoms with van der Waals surface area (Å²) in [6.45, 7) is 3.84. The van der Waals surface area contributed by atoms with Gasteiger partial charge in [-0.2, -0.15) is 0 Å². The van der Waals surface area contributed by atoms with Crippen LogP contribution in [0.15, 0.2) is 29.3 Å². The minimum atomic E-state index is -0.562. The summed E-state index contributed by atoms with van der Waals surface area (Å²) in [7, 11) is 1.43. The number of fused-ring (bicyclic) bond motifs is 4. The normalized spacial score (nSPS) is 31.8. The summed E-state index contributed by atoms with van der Waals surface area (Å²) in [5.41, 5.74) is 1.30. The average molecular weight is 259 g/mol. The molecule has 2 aliphatic rings. The van der Waals surface area contributed by atoms with E-state index < -0.39 is 5.72 Å². The van der Waals surface area contributed by atoms with E-state index >= 15 is 0 Å². The summed E-state index contributed by atoms with van der Waals surface area (Å²) in [6, 6.07) is 7.87. The van der Waals surface area contributed by atoms with Crippen molar-refractivity contribution in [3.63, 3.8) is 0 Å². The molecular weight excluding hydrogens is 242 g/mol. The largest absolute Gasteiger partial charge is 0.468 e. The van der Waals surface area contributed by atoms with E-state index in [1.54, 1.807) is 0 Å². The highest BCUT2D eigenvalue weighted by molar-refractivity contribution is 6.02. The first-order valence-electron chi connectivity index (χ1n) is 6.46. The van der Waals surface area contributed by atoms with Gasteiger partial charge >= 0.3 is 5.97 Å². The fraction of sp³-hybridized carbons (Fsp3) is 0.467. The van der Waals surface area contributed by atoms with Crippen LogP contribution in [0.4, 0.5) is 0 Å². The lowest BCUT2D eigenvalue weighted by Crippen LogP contribution is -2.47. The van der Waals surface area contributed by atoms with Gasteiger partial charge in [0, 0.05) is 18.1 Å². The van der Waals surface area contributed by atoms with E-state index in [1.165, 1.54) is 7.11 Å². The zero-order valence-electron chi connectivity index (χ0n) is 11.3. The maximum absolute atomic E-state index is 12.0. The third-order valence-electron chi connectivity index (χ3n) is 3.97. The minimum absolute atomic E-state index is 0.0832. The fourth-order valence-corrected chi connectivity index (χ4v) is 3.24. The molecule has 0 saturated heterocycles. The van der Waals surface area contributed by atoms with Crippen molar-refractivity contribution in [3.8, 4) is 5.75 Å². The molecular formula is C15H17NO3. The highest BCUT2D eigenvalue weighted by atomic mass is 16.5. The van der Waals surface area contributed by atoms with Crippen molar-refractivity contribution < 1.29 is 14.3 Å². The predicted molar refractivity (Wildman–Crippen MR) is 71.4 cm³/mol. The van der Waals surface area contributed by atoms with Crippen molar-refractivity contribution in [2.75, 3.05) is 7.11 Å². The number of hydrogen-bond acceptors (Lipinski definition) is 4. The van der Waals surface area contributed by atoms with E-state index in [4.69, 9.17) is 9.47 Å². The number of benzene rings is 1. The second-order valence-corrected chi connectivity index (χ2v) is 5.38. The van der Waals surface area contributed by atoms with Gasteiger partial charge in [0.15, 0.2) is 5.72 Å². The van der Waals surface area contributed by atoms with Gasteiger partial charge in [-0.05, 0) is 25.5 Å². The van der Waals surface area contributed by atoms with Crippen LogP contribution in [-0.4, -0.2) is 24.5 Å². The molecule has 1 aromatic carbocycles. The standard InChI is InChI=1S/C15H17NO3/c1-9-13(14(17)18-3)11-8-15(2,16-9)19-12-7-5-4-6-10(11)12/h4-7,11,13H,8H2,1-3H3/t11-,13?,15-/m0/s1. The van der Waals surface area contributed by atoms with Gasteiger partial charge in [-0.15, -0.1) is 0 Å². The van der Waals surface area contributed by atoms with E-state index in [1.807, 2.05) is 38.1 Å². The molecule has 19 heavy (non-hydrogen) atoms. The number of methoxy groups -OCH3 is 1. The molecule has 1 unspecified atom stereocenters. The van der Waals surface area contributed by atoms with Crippen molar-refractivity contribution in [2.24, 2.45) is 10.9 Å². The van der Waals surface area contributed by atoms with Crippen LogP contribution in [0.2, 0.25) is 0 Å². The molecule has 0 fully saturated rings. The van der Waals surface area contributed by atoms with Gasteiger partial charge in [-0.3, -0.25) is 4.79 Å². The van der Waals surface area contributed by atoms with Crippen molar-refractivity contribution in [2.45, 2.75) is 31.9 Å². The molecule has 4 nitrogen and oxygen atoms in total. The quantitative estimate of drug-likeness (QED) is 0.728. The SMILES string of the molecule is COC(=O)C1C(C)=N[C@]2(C)C[C@H]1c1ccccc1O2. The number of hydrogen-bond donors (Lipinski definition) is 0. The summed E-state index contributed by atoms with van der Waals surface area (Å²) < 4.78 is 10.9. The number of nitrogens with zero attached hydrogens (tertiary/aromatic N) is 1. The number of carbonyl (C=O) groups excluding carboxylic acids is 1. The Kier molecular flexibility index (Phi) is 2.62. The molecule has 0 aliphatic carbocycles. The van der Waals surface area contributed by atoms with Crippen LogP contribution in [0.5, 0.6) is 5.75 Å².